The number of carbonyl (C=O) groups is 2. The average Bonchev–Trinajstić information content (AvgIpc) is 2.48. The molecule has 8 heteroatoms. The van der Waals surface area contributed by atoms with Gasteiger partial charge in [0.25, 0.3) is 5.91 Å². The molecule has 1 aromatic carbocycles. The molecule has 1 N–H and O–H groups in total. The number of halogens is 2. The van der Waals surface area contributed by atoms with Gasteiger partial charge in [0.15, 0.2) is 12.7 Å². The number of benzene rings is 1. The third kappa shape index (κ3) is 4.23. The monoisotopic (exact) mass is 333 g/mol. The minimum Gasteiger partial charge on any atom is -0.482 e. The highest BCUT2D eigenvalue weighted by atomic mass is 35.5. The Morgan fingerprint density at radius 1 is 1.43 bits per heavy atom. The van der Waals surface area contributed by atoms with Crippen LogP contribution in [-0.2, 0) is 14.3 Å². The lowest BCUT2D eigenvalue weighted by atomic mass is 10.2. The van der Waals surface area contributed by atoms with E-state index in [1.807, 2.05) is 0 Å². The summed E-state index contributed by atoms with van der Waals surface area (Å²) in [4.78, 5) is 24.3. The van der Waals surface area contributed by atoms with Gasteiger partial charge in [-0.1, -0.05) is 23.2 Å². The summed E-state index contributed by atoms with van der Waals surface area (Å²) in [6, 6.07) is 4.69. The number of carboxylic acid groups (broad SMARTS) is 1. The second kappa shape index (κ2) is 6.98. The maximum Gasteiger partial charge on any atom is 0.334 e. The van der Waals surface area contributed by atoms with E-state index in [4.69, 9.17) is 37.8 Å². The molecule has 0 spiro atoms. The highest BCUT2D eigenvalue weighted by Crippen LogP contribution is 2.27. The number of nitrogens with zero attached hydrogens (tertiary/aromatic N) is 1. The fraction of sp³-hybridized carbons (Fsp3) is 0.385. The number of amides is 1. The number of hydrogen-bond donors (Lipinski definition) is 1. The van der Waals surface area contributed by atoms with Crippen LogP contribution in [0.25, 0.3) is 0 Å². The molecule has 114 valence electrons. The van der Waals surface area contributed by atoms with Crippen molar-refractivity contribution < 1.29 is 24.2 Å². The Labute approximate surface area is 131 Å². The molecule has 0 radical (unpaired) electrons. The van der Waals surface area contributed by atoms with Gasteiger partial charge in [0.05, 0.1) is 18.2 Å². The molecule has 1 aliphatic heterocycles. The fourth-order valence-corrected chi connectivity index (χ4v) is 2.18. The first kappa shape index (κ1) is 15.9. The highest BCUT2D eigenvalue weighted by molar-refractivity contribution is 6.34. The van der Waals surface area contributed by atoms with Gasteiger partial charge >= 0.3 is 5.97 Å². The lowest BCUT2D eigenvalue weighted by molar-refractivity contribution is -0.159. The molecule has 1 heterocycles. The summed E-state index contributed by atoms with van der Waals surface area (Å²) in [5.74, 6) is -1.12. The number of morpholine rings is 1. The van der Waals surface area contributed by atoms with E-state index in [9.17, 15) is 9.59 Å². The number of ether oxygens (including phenoxy) is 2. The van der Waals surface area contributed by atoms with Gasteiger partial charge in [-0.3, -0.25) is 4.79 Å². The van der Waals surface area contributed by atoms with E-state index >= 15 is 0 Å². The Bertz CT molecular complexity index is 551. The van der Waals surface area contributed by atoms with Crippen molar-refractivity contribution in [1.29, 1.82) is 0 Å². The van der Waals surface area contributed by atoms with Crippen LogP contribution in [0.1, 0.15) is 0 Å². The molecule has 21 heavy (non-hydrogen) atoms. The summed E-state index contributed by atoms with van der Waals surface area (Å²) < 4.78 is 10.4. The van der Waals surface area contributed by atoms with E-state index in [0.717, 1.165) is 0 Å². The zero-order chi connectivity index (χ0) is 15.4. The van der Waals surface area contributed by atoms with Crippen LogP contribution >= 0.6 is 23.2 Å². The van der Waals surface area contributed by atoms with Gasteiger partial charge in [-0.15, -0.1) is 0 Å². The van der Waals surface area contributed by atoms with Gasteiger partial charge in [-0.25, -0.2) is 4.79 Å². The van der Waals surface area contributed by atoms with E-state index in [-0.39, 0.29) is 25.7 Å². The molecular formula is C13H13Cl2NO5. The second-order valence-electron chi connectivity index (χ2n) is 4.40. The average molecular weight is 334 g/mol. The summed E-state index contributed by atoms with van der Waals surface area (Å²) >= 11 is 11.7. The smallest absolute Gasteiger partial charge is 0.334 e. The molecule has 1 fully saturated rings. The SMILES string of the molecule is O=C(O)[C@H]1CN(C(=O)COc2cc(Cl)ccc2Cl)CCO1. The number of aliphatic carboxylic acids is 1. The van der Waals surface area contributed by atoms with Crippen LogP contribution in [-0.4, -0.2) is 54.3 Å². The summed E-state index contributed by atoms with van der Waals surface area (Å²) in [7, 11) is 0. The third-order valence-corrected chi connectivity index (χ3v) is 3.49. The molecule has 6 nitrogen and oxygen atoms in total. The largest absolute Gasteiger partial charge is 0.482 e. The third-order valence-electron chi connectivity index (χ3n) is 2.94. The Kier molecular flexibility index (Phi) is 5.27. The molecule has 0 unspecified atom stereocenters. The minimum absolute atomic E-state index is 0.000798. The van der Waals surface area contributed by atoms with Crippen molar-refractivity contribution in [3.05, 3.63) is 28.2 Å². The zero-order valence-electron chi connectivity index (χ0n) is 10.9. The summed E-state index contributed by atoms with van der Waals surface area (Å²) in [6.07, 6.45) is -1.00. The van der Waals surface area contributed by atoms with Gasteiger partial charge in [-0.05, 0) is 12.1 Å². The maximum atomic E-state index is 12.0. The molecule has 2 rings (SSSR count). The van der Waals surface area contributed by atoms with Crippen LogP contribution in [0.4, 0.5) is 0 Å². The van der Waals surface area contributed by atoms with Crippen molar-refractivity contribution >= 4 is 35.1 Å². The van der Waals surface area contributed by atoms with Crippen molar-refractivity contribution in [2.45, 2.75) is 6.10 Å². The van der Waals surface area contributed by atoms with E-state index in [0.29, 0.717) is 22.3 Å². The predicted octanol–water partition coefficient (Wildman–Crippen LogP) is 1.68. The van der Waals surface area contributed by atoms with Crippen LogP contribution in [0.15, 0.2) is 18.2 Å². The van der Waals surface area contributed by atoms with E-state index < -0.39 is 12.1 Å². The lowest BCUT2D eigenvalue weighted by Crippen LogP contribution is -2.49. The molecule has 0 saturated carbocycles. The van der Waals surface area contributed by atoms with Crippen LogP contribution < -0.4 is 4.74 Å². The lowest BCUT2D eigenvalue weighted by Gasteiger charge is -2.30. The molecule has 0 bridgehead atoms. The van der Waals surface area contributed by atoms with E-state index in [1.165, 1.54) is 11.0 Å². The van der Waals surface area contributed by atoms with Crippen molar-refractivity contribution in [2.75, 3.05) is 26.3 Å². The molecule has 1 amide bonds. The first-order valence-electron chi connectivity index (χ1n) is 6.17. The van der Waals surface area contributed by atoms with Crippen molar-refractivity contribution in [3.8, 4) is 5.75 Å². The summed E-state index contributed by atoms with van der Waals surface area (Å²) in [6.45, 7) is 0.267. The van der Waals surface area contributed by atoms with Gasteiger partial charge in [0, 0.05) is 17.6 Å². The number of rotatable bonds is 4. The van der Waals surface area contributed by atoms with E-state index in [1.54, 1.807) is 12.1 Å². The van der Waals surface area contributed by atoms with Crippen molar-refractivity contribution in [2.24, 2.45) is 0 Å². The topological polar surface area (TPSA) is 76.1 Å². The first-order valence-corrected chi connectivity index (χ1v) is 6.93. The molecule has 0 aromatic heterocycles. The molecule has 0 aliphatic carbocycles. The zero-order valence-corrected chi connectivity index (χ0v) is 12.4. The van der Waals surface area contributed by atoms with Crippen LogP contribution in [0.3, 0.4) is 0 Å². The summed E-state index contributed by atoms with van der Waals surface area (Å²) in [5, 5.41) is 9.67. The van der Waals surface area contributed by atoms with Crippen LogP contribution in [0.2, 0.25) is 10.0 Å². The maximum absolute atomic E-state index is 12.0. The normalized spacial score (nSPS) is 18.4. The molecule has 1 atom stereocenters. The molecular weight excluding hydrogens is 321 g/mol. The Morgan fingerprint density at radius 2 is 2.19 bits per heavy atom. The predicted molar refractivity (Wildman–Crippen MR) is 75.9 cm³/mol. The number of carbonyl (C=O) groups excluding carboxylic acids is 1. The van der Waals surface area contributed by atoms with Gasteiger partial charge in [0.1, 0.15) is 5.75 Å². The van der Waals surface area contributed by atoms with E-state index in [2.05, 4.69) is 0 Å². The van der Waals surface area contributed by atoms with Crippen LogP contribution in [0, 0.1) is 0 Å². The quantitative estimate of drug-likeness (QED) is 0.907. The van der Waals surface area contributed by atoms with Gasteiger partial charge in [0.2, 0.25) is 0 Å². The first-order chi connectivity index (χ1) is 9.97. The number of hydrogen-bond acceptors (Lipinski definition) is 4. The Hall–Kier alpha value is -1.50. The van der Waals surface area contributed by atoms with Crippen molar-refractivity contribution in [3.63, 3.8) is 0 Å². The Balaban J connectivity index is 1.92. The Morgan fingerprint density at radius 3 is 2.90 bits per heavy atom. The second-order valence-corrected chi connectivity index (χ2v) is 5.24. The minimum atomic E-state index is -1.09. The van der Waals surface area contributed by atoms with Gasteiger partial charge < -0.3 is 19.5 Å². The fourth-order valence-electron chi connectivity index (χ4n) is 1.84. The summed E-state index contributed by atoms with van der Waals surface area (Å²) in [5.41, 5.74) is 0. The van der Waals surface area contributed by atoms with Gasteiger partial charge in [-0.2, -0.15) is 0 Å². The molecule has 1 aromatic rings. The van der Waals surface area contributed by atoms with Crippen LogP contribution in [0.5, 0.6) is 5.75 Å². The molecule has 1 saturated heterocycles. The van der Waals surface area contributed by atoms with Crippen molar-refractivity contribution in [1.82, 2.24) is 4.90 Å². The standard InChI is InChI=1S/C13H13Cl2NO5/c14-8-1-2-9(15)10(5-8)21-7-12(17)16-3-4-20-11(6-16)13(18)19/h1-2,5,11H,3-4,6-7H2,(H,18,19)/t11-/m1/s1. The molecule has 1 aliphatic rings. The highest BCUT2D eigenvalue weighted by Gasteiger charge is 2.29. The number of carboxylic acids is 1.